The van der Waals surface area contributed by atoms with E-state index in [2.05, 4.69) is 41.1 Å². The fourth-order valence-corrected chi connectivity index (χ4v) is 3.58. The van der Waals surface area contributed by atoms with Crippen LogP contribution < -0.4 is 9.80 Å². The van der Waals surface area contributed by atoms with Gasteiger partial charge in [0.2, 0.25) is 0 Å². The summed E-state index contributed by atoms with van der Waals surface area (Å²) < 4.78 is 0. The monoisotopic (exact) mass is 238 g/mol. The minimum absolute atomic E-state index is 0.594. The van der Waals surface area contributed by atoms with Crippen molar-refractivity contribution >= 4 is 0 Å². The van der Waals surface area contributed by atoms with Crippen LogP contribution in [0.1, 0.15) is 26.7 Å². The van der Waals surface area contributed by atoms with Gasteiger partial charge in [-0.3, -0.25) is 0 Å². The van der Waals surface area contributed by atoms with Crippen LogP contribution >= 0.6 is 0 Å². The minimum atomic E-state index is 0.594. The van der Waals surface area contributed by atoms with Gasteiger partial charge in [0.25, 0.3) is 0 Å². The standard InChI is InChI=1S/C15H28N2/c1-15(2)13-7-6-12(14(15)10-13)11-17(5)9-8-16(3)4/h6,13-14H,7-11H2,1-5H3/p+2/t13-,14-/m0/s1. The van der Waals surface area contributed by atoms with Crippen molar-refractivity contribution in [1.82, 2.24) is 0 Å². The van der Waals surface area contributed by atoms with E-state index in [1.807, 2.05) is 0 Å². The van der Waals surface area contributed by atoms with Crippen LogP contribution in [0.2, 0.25) is 0 Å². The Kier molecular flexibility index (Phi) is 3.65. The van der Waals surface area contributed by atoms with Gasteiger partial charge in [0, 0.05) is 0 Å². The number of nitrogens with one attached hydrogen (secondary N) is 2. The van der Waals surface area contributed by atoms with Gasteiger partial charge in [-0.15, -0.1) is 0 Å². The average molecular weight is 238 g/mol. The lowest BCUT2D eigenvalue weighted by molar-refractivity contribution is -0.927. The van der Waals surface area contributed by atoms with Gasteiger partial charge in [0.05, 0.1) is 27.7 Å². The molecule has 3 aliphatic carbocycles. The molecule has 2 N–H and O–H groups in total. The Bertz CT molecular complexity index is 304. The number of hydrogen-bond donors (Lipinski definition) is 2. The molecule has 0 saturated heterocycles. The first-order chi connectivity index (χ1) is 7.91. The Hall–Kier alpha value is -0.340. The maximum atomic E-state index is 2.55. The molecule has 0 radical (unpaired) electrons. The zero-order valence-corrected chi connectivity index (χ0v) is 12.3. The van der Waals surface area contributed by atoms with Crippen LogP contribution in [0.25, 0.3) is 0 Å². The second-order valence-electron chi connectivity index (χ2n) is 7.16. The predicted molar refractivity (Wildman–Crippen MR) is 72.4 cm³/mol. The van der Waals surface area contributed by atoms with E-state index in [1.165, 1.54) is 32.5 Å². The maximum Gasteiger partial charge on any atom is 0.127 e. The number of quaternary nitrogens is 2. The van der Waals surface area contributed by atoms with Crippen molar-refractivity contribution in [2.45, 2.75) is 26.7 Å². The first kappa shape index (κ1) is 13.1. The van der Waals surface area contributed by atoms with E-state index in [-0.39, 0.29) is 0 Å². The second-order valence-corrected chi connectivity index (χ2v) is 7.16. The van der Waals surface area contributed by atoms with Crippen molar-refractivity contribution in [2.75, 3.05) is 40.8 Å². The topological polar surface area (TPSA) is 8.88 Å². The molecule has 1 saturated carbocycles. The molecular weight excluding hydrogens is 208 g/mol. The summed E-state index contributed by atoms with van der Waals surface area (Å²) in [5.41, 5.74) is 2.35. The van der Waals surface area contributed by atoms with Gasteiger partial charge in [-0.1, -0.05) is 19.9 Å². The largest absolute Gasteiger partial charge is 0.335 e. The van der Waals surface area contributed by atoms with Crippen molar-refractivity contribution in [2.24, 2.45) is 17.3 Å². The molecule has 0 aromatic heterocycles. The molecule has 3 atom stereocenters. The summed E-state index contributed by atoms with van der Waals surface area (Å²) in [5, 5.41) is 0. The van der Waals surface area contributed by atoms with Gasteiger partial charge < -0.3 is 9.80 Å². The summed E-state index contributed by atoms with van der Waals surface area (Å²) in [6.45, 7) is 8.77. The highest BCUT2D eigenvalue weighted by atomic mass is 15.1. The van der Waals surface area contributed by atoms with Crippen LogP contribution in [-0.2, 0) is 0 Å². The minimum Gasteiger partial charge on any atom is -0.335 e. The van der Waals surface area contributed by atoms with Crippen molar-refractivity contribution in [3.05, 3.63) is 11.6 Å². The van der Waals surface area contributed by atoms with Gasteiger partial charge in [-0.25, -0.2) is 0 Å². The van der Waals surface area contributed by atoms with E-state index in [0.717, 1.165) is 11.8 Å². The van der Waals surface area contributed by atoms with Gasteiger partial charge in [-0.2, -0.15) is 0 Å². The highest BCUT2D eigenvalue weighted by molar-refractivity contribution is 5.23. The summed E-state index contributed by atoms with van der Waals surface area (Å²) in [7, 11) is 6.83. The Morgan fingerprint density at radius 2 is 1.94 bits per heavy atom. The van der Waals surface area contributed by atoms with Gasteiger partial charge in [0.15, 0.2) is 0 Å². The molecule has 0 aliphatic heterocycles. The highest BCUT2D eigenvalue weighted by Gasteiger charge is 2.51. The van der Waals surface area contributed by atoms with Crippen LogP contribution in [0.15, 0.2) is 11.6 Å². The summed E-state index contributed by atoms with van der Waals surface area (Å²) in [5.74, 6) is 1.87. The Morgan fingerprint density at radius 3 is 2.47 bits per heavy atom. The summed E-state index contributed by atoms with van der Waals surface area (Å²) in [6.07, 6.45) is 5.35. The lowest BCUT2D eigenvalue weighted by atomic mass is 9.49. The molecule has 2 heteroatoms. The van der Waals surface area contributed by atoms with Crippen LogP contribution in [-0.4, -0.2) is 40.8 Å². The first-order valence-corrected chi connectivity index (χ1v) is 7.20. The molecule has 0 amide bonds. The molecule has 3 aliphatic rings. The SMILES string of the molecule is C[NH+](C)CC[NH+](C)CC1=CC[C@H]2C[C@@H]1C2(C)C. The zero-order valence-electron chi connectivity index (χ0n) is 12.3. The van der Waals surface area contributed by atoms with Crippen molar-refractivity contribution in [1.29, 1.82) is 0 Å². The van der Waals surface area contributed by atoms with Crippen LogP contribution in [0, 0.1) is 17.3 Å². The smallest absolute Gasteiger partial charge is 0.127 e. The quantitative estimate of drug-likeness (QED) is 0.605. The molecule has 98 valence electrons. The maximum absolute atomic E-state index is 2.55. The third-order valence-electron chi connectivity index (χ3n) is 5.14. The van der Waals surface area contributed by atoms with Gasteiger partial charge >= 0.3 is 0 Å². The first-order valence-electron chi connectivity index (χ1n) is 7.20. The number of likely N-dealkylation sites (N-methyl/N-ethyl adjacent to an activating group) is 2. The van der Waals surface area contributed by atoms with Gasteiger partial charge in [-0.05, 0) is 35.7 Å². The average Bonchev–Trinajstić information content (AvgIpc) is 2.26. The third kappa shape index (κ3) is 2.58. The second kappa shape index (κ2) is 4.74. The van der Waals surface area contributed by atoms with E-state index < -0.39 is 0 Å². The Labute approximate surface area is 107 Å². The van der Waals surface area contributed by atoms with Crippen LogP contribution in [0.4, 0.5) is 0 Å². The fraction of sp³-hybridized carbons (Fsp3) is 0.867. The summed E-state index contributed by atoms with van der Waals surface area (Å²) in [6, 6.07) is 0. The molecule has 1 fully saturated rings. The summed E-state index contributed by atoms with van der Waals surface area (Å²) >= 11 is 0. The molecule has 2 nitrogen and oxygen atoms in total. The molecule has 1 unspecified atom stereocenters. The van der Waals surface area contributed by atoms with E-state index in [1.54, 1.807) is 15.4 Å². The molecule has 0 heterocycles. The highest BCUT2D eigenvalue weighted by Crippen LogP contribution is 2.58. The Balaban J connectivity index is 1.85. The fourth-order valence-electron chi connectivity index (χ4n) is 3.58. The van der Waals surface area contributed by atoms with Crippen LogP contribution in [0.5, 0.6) is 0 Å². The lowest BCUT2D eigenvalue weighted by Gasteiger charge is -2.56. The molecule has 0 spiro atoms. The van der Waals surface area contributed by atoms with Crippen LogP contribution in [0.3, 0.4) is 0 Å². The molecule has 17 heavy (non-hydrogen) atoms. The predicted octanol–water partition coefficient (Wildman–Crippen LogP) is -0.362. The number of fused-ring (bicyclic) bond motifs is 1. The number of hydrogen-bond acceptors (Lipinski definition) is 0. The zero-order chi connectivity index (χ0) is 12.6. The molecule has 0 aromatic rings. The van der Waals surface area contributed by atoms with E-state index in [4.69, 9.17) is 0 Å². The van der Waals surface area contributed by atoms with Gasteiger partial charge in [0.1, 0.15) is 13.1 Å². The Morgan fingerprint density at radius 1 is 1.24 bits per heavy atom. The van der Waals surface area contributed by atoms with E-state index in [0.29, 0.717) is 5.41 Å². The third-order valence-corrected chi connectivity index (χ3v) is 5.14. The molecule has 2 bridgehead atoms. The molecule has 3 rings (SSSR count). The lowest BCUT2D eigenvalue weighted by Crippen LogP contribution is -3.16. The molecule has 0 aromatic carbocycles. The normalized spacial score (nSPS) is 32.0. The van der Waals surface area contributed by atoms with E-state index >= 15 is 0 Å². The summed E-state index contributed by atoms with van der Waals surface area (Å²) in [4.78, 5) is 3.24. The van der Waals surface area contributed by atoms with Crippen molar-refractivity contribution < 1.29 is 9.80 Å². The number of allylic oxidation sites excluding steroid dienone is 1. The van der Waals surface area contributed by atoms with Crippen molar-refractivity contribution in [3.8, 4) is 0 Å². The van der Waals surface area contributed by atoms with E-state index in [9.17, 15) is 0 Å². The van der Waals surface area contributed by atoms with Crippen molar-refractivity contribution in [3.63, 3.8) is 0 Å². The molecular formula is C15H30N2+2. The number of rotatable bonds is 5.